The van der Waals surface area contributed by atoms with E-state index < -0.39 is 6.16 Å². The summed E-state index contributed by atoms with van der Waals surface area (Å²) in [5.41, 5.74) is 4.55. The Bertz CT molecular complexity index is 1040. The minimum atomic E-state index is -0.805. The van der Waals surface area contributed by atoms with Gasteiger partial charge in [0.05, 0.1) is 12.3 Å². The molecule has 0 amide bonds. The van der Waals surface area contributed by atoms with Crippen molar-refractivity contribution in [1.82, 2.24) is 9.78 Å². The molecule has 0 saturated heterocycles. The average molecular weight is 454 g/mol. The molecule has 0 saturated carbocycles. The zero-order chi connectivity index (χ0) is 24.8. The smallest absolute Gasteiger partial charge is 0.454 e. The first-order valence-corrected chi connectivity index (χ1v) is 11.2. The molecular weight excluding hydrogens is 418 g/mol. The highest BCUT2D eigenvalue weighted by Gasteiger charge is 2.22. The third-order valence-corrected chi connectivity index (χ3v) is 5.68. The van der Waals surface area contributed by atoms with E-state index in [4.69, 9.17) is 14.2 Å². The molecule has 0 aliphatic carbocycles. The lowest BCUT2D eigenvalue weighted by atomic mass is 9.86. The van der Waals surface area contributed by atoms with Crippen LogP contribution in [-0.4, -0.2) is 29.3 Å². The zero-order valence-corrected chi connectivity index (χ0v) is 21.0. The molecule has 0 aliphatic heterocycles. The lowest BCUT2D eigenvalue weighted by Gasteiger charge is -2.19. The second kappa shape index (κ2) is 11.0. The van der Waals surface area contributed by atoms with Crippen LogP contribution in [-0.2, 0) is 26.7 Å². The summed E-state index contributed by atoms with van der Waals surface area (Å²) in [6, 6.07) is 10.1. The highest BCUT2D eigenvalue weighted by Crippen LogP contribution is 2.31. The minimum Gasteiger partial charge on any atom is -0.454 e. The van der Waals surface area contributed by atoms with Crippen LogP contribution in [0, 0.1) is 31.1 Å². The van der Waals surface area contributed by atoms with Gasteiger partial charge in [0, 0.05) is 12.6 Å². The summed E-state index contributed by atoms with van der Waals surface area (Å²) in [6.45, 7) is 14.1. The molecule has 7 heteroatoms. The topological polar surface area (TPSA) is 86.4 Å². The average Bonchev–Trinajstić information content (AvgIpc) is 3.02. The predicted molar refractivity (Wildman–Crippen MR) is 128 cm³/mol. The Morgan fingerprint density at radius 1 is 1.15 bits per heavy atom. The maximum Gasteiger partial charge on any atom is 0.511 e. The fraction of sp³-hybridized carbons (Fsp3) is 0.500. The second-order valence-electron chi connectivity index (χ2n) is 9.31. The number of hydrogen-bond donors (Lipinski definition) is 0. The van der Waals surface area contributed by atoms with Crippen molar-refractivity contribution in [3.63, 3.8) is 0 Å². The van der Waals surface area contributed by atoms with Crippen LogP contribution in [0.5, 0.6) is 0 Å². The Kier molecular flexibility index (Phi) is 8.69. The van der Waals surface area contributed by atoms with E-state index in [0.29, 0.717) is 22.6 Å². The number of carbonyl (C=O) groups is 1. The van der Waals surface area contributed by atoms with Gasteiger partial charge in [-0.2, -0.15) is 10.4 Å². The first kappa shape index (κ1) is 26.0. The molecule has 2 rings (SSSR count). The summed E-state index contributed by atoms with van der Waals surface area (Å²) in [5.74, 6) is 0.548. The Balaban J connectivity index is 2.38. The first-order chi connectivity index (χ1) is 15.5. The summed E-state index contributed by atoms with van der Waals surface area (Å²) in [6.07, 6.45) is 0.0931. The SMILES string of the molecule is CCC(C)COC(=O)OCO/C(=C(/C#N)c1ccc(C(C)(C)C)cc1)c1c(C)c(C)nn1C. The fourth-order valence-electron chi connectivity index (χ4n) is 3.23. The molecule has 178 valence electrons. The van der Waals surface area contributed by atoms with Gasteiger partial charge in [-0.05, 0) is 36.3 Å². The van der Waals surface area contributed by atoms with E-state index in [0.717, 1.165) is 23.2 Å². The monoisotopic (exact) mass is 453 g/mol. The molecular formula is C26H35N3O4. The van der Waals surface area contributed by atoms with E-state index in [2.05, 4.69) is 31.9 Å². The molecule has 2 aromatic rings. The number of benzene rings is 1. The summed E-state index contributed by atoms with van der Waals surface area (Å²) < 4.78 is 17.8. The number of nitrogens with zero attached hydrogens (tertiary/aromatic N) is 3. The summed E-state index contributed by atoms with van der Waals surface area (Å²) in [4.78, 5) is 11.9. The van der Waals surface area contributed by atoms with Gasteiger partial charge in [0.1, 0.15) is 17.3 Å². The molecule has 0 fully saturated rings. The number of carbonyl (C=O) groups excluding carboxylic acids is 1. The lowest BCUT2D eigenvalue weighted by Crippen LogP contribution is -2.15. The van der Waals surface area contributed by atoms with Gasteiger partial charge in [-0.1, -0.05) is 65.3 Å². The van der Waals surface area contributed by atoms with Crippen molar-refractivity contribution in [2.24, 2.45) is 13.0 Å². The van der Waals surface area contributed by atoms with Gasteiger partial charge >= 0.3 is 6.16 Å². The van der Waals surface area contributed by atoms with Crippen LogP contribution in [0.15, 0.2) is 24.3 Å². The van der Waals surface area contributed by atoms with Crippen molar-refractivity contribution in [3.05, 3.63) is 52.3 Å². The van der Waals surface area contributed by atoms with Crippen molar-refractivity contribution < 1.29 is 19.0 Å². The maximum absolute atomic E-state index is 11.9. The molecule has 1 aromatic carbocycles. The van der Waals surface area contributed by atoms with Gasteiger partial charge in [0.2, 0.25) is 6.79 Å². The maximum atomic E-state index is 11.9. The van der Waals surface area contributed by atoms with E-state index in [-0.39, 0.29) is 24.7 Å². The molecule has 7 nitrogen and oxygen atoms in total. The number of hydrogen-bond acceptors (Lipinski definition) is 6. The van der Waals surface area contributed by atoms with Crippen LogP contribution in [0.3, 0.4) is 0 Å². The third kappa shape index (κ3) is 6.61. The van der Waals surface area contributed by atoms with E-state index >= 15 is 0 Å². The third-order valence-electron chi connectivity index (χ3n) is 5.68. The number of rotatable bonds is 8. The second-order valence-corrected chi connectivity index (χ2v) is 9.31. The van der Waals surface area contributed by atoms with Crippen LogP contribution in [0.1, 0.15) is 69.1 Å². The molecule has 1 heterocycles. The fourth-order valence-corrected chi connectivity index (χ4v) is 3.23. The highest BCUT2D eigenvalue weighted by molar-refractivity contribution is 5.94. The normalized spacial score (nSPS) is 13.1. The van der Waals surface area contributed by atoms with Crippen molar-refractivity contribution in [2.75, 3.05) is 13.4 Å². The van der Waals surface area contributed by atoms with Crippen molar-refractivity contribution in [3.8, 4) is 6.07 Å². The minimum absolute atomic E-state index is 0.00636. The number of aromatic nitrogens is 2. The van der Waals surface area contributed by atoms with Crippen LogP contribution in [0.4, 0.5) is 4.79 Å². The lowest BCUT2D eigenvalue weighted by molar-refractivity contribution is -0.0104. The first-order valence-electron chi connectivity index (χ1n) is 11.2. The standard InChI is InChI=1S/C26H35N3O4/c1-9-17(2)15-31-25(30)33-16-32-24(23-18(3)19(4)28-29(23)8)22(14-27)20-10-12-21(13-11-20)26(5,6)7/h10-13,17H,9,15-16H2,1-8H3/b24-22-. The Hall–Kier alpha value is -3.27. The van der Waals surface area contributed by atoms with Gasteiger partial charge in [-0.25, -0.2) is 4.79 Å². The van der Waals surface area contributed by atoms with E-state index in [9.17, 15) is 10.1 Å². The van der Waals surface area contributed by atoms with Gasteiger partial charge in [-0.3, -0.25) is 4.68 Å². The van der Waals surface area contributed by atoms with E-state index in [1.165, 1.54) is 0 Å². The number of aryl methyl sites for hydroxylation is 2. The Morgan fingerprint density at radius 3 is 2.27 bits per heavy atom. The molecule has 0 spiro atoms. The van der Waals surface area contributed by atoms with E-state index in [1.54, 1.807) is 11.7 Å². The van der Waals surface area contributed by atoms with E-state index in [1.807, 2.05) is 52.0 Å². The summed E-state index contributed by atoms with van der Waals surface area (Å²) in [5, 5.41) is 14.5. The molecule has 1 aromatic heterocycles. The Labute approximate surface area is 197 Å². The van der Waals surface area contributed by atoms with Crippen molar-refractivity contribution >= 4 is 17.5 Å². The van der Waals surface area contributed by atoms with Crippen LogP contribution in [0.2, 0.25) is 0 Å². The zero-order valence-electron chi connectivity index (χ0n) is 21.0. The van der Waals surface area contributed by atoms with Crippen LogP contribution >= 0.6 is 0 Å². The van der Waals surface area contributed by atoms with Gasteiger partial charge in [-0.15, -0.1) is 0 Å². The number of allylic oxidation sites excluding steroid dienone is 1. The molecule has 33 heavy (non-hydrogen) atoms. The number of ether oxygens (including phenoxy) is 3. The molecule has 0 N–H and O–H groups in total. The summed E-state index contributed by atoms with van der Waals surface area (Å²) >= 11 is 0. The molecule has 0 radical (unpaired) electrons. The highest BCUT2D eigenvalue weighted by atomic mass is 16.8. The predicted octanol–water partition coefficient (Wildman–Crippen LogP) is 5.90. The largest absolute Gasteiger partial charge is 0.511 e. The van der Waals surface area contributed by atoms with Crippen molar-refractivity contribution in [2.45, 2.75) is 60.3 Å². The molecule has 1 unspecified atom stereocenters. The molecule has 0 bridgehead atoms. The summed E-state index contributed by atoms with van der Waals surface area (Å²) in [7, 11) is 1.79. The van der Waals surface area contributed by atoms with Gasteiger partial charge in [0.25, 0.3) is 0 Å². The van der Waals surface area contributed by atoms with Gasteiger partial charge < -0.3 is 14.2 Å². The number of nitriles is 1. The molecule has 0 aliphatic rings. The van der Waals surface area contributed by atoms with Crippen LogP contribution in [0.25, 0.3) is 11.3 Å². The van der Waals surface area contributed by atoms with Crippen molar-refractivity contribution in [1.29, 1.82) is 5.26 Å². The Morgan fingerprint density at radius 2 is 1.79 bits per heavy atom. The van der Waals surface area contributed by atoms with Gasteiger partial charge in [0.15, 0.2) is 5.76 Å². The van der Waals surface area contributed by atoms with Crippen LogP contribution < -0.4 is 0 Å². The quantitative estimate of drug-likeness (QED) is 0.214. The molecule has 1 atom stereocenters.